The SMILES string of the molecule is CC1CC1c1nc(-c2ccc(OC3CCNCC3)c(F)c2)no1. The molecule has 23 heavy (non-hydrogen) atoms. The highest BCUT2D eigenvalue weighted by atomic mass is 19.1. The van der Waals surface area contributed by atoms with Gasteiger partial charge in [0, 0.05) is 11.5 Å². The highest BCUT2D eigenvalue weighted by Gasteiger charge is 2.39. The number of benzene rings is 1. The van der Waals surface area contributed by atoms with Gasteiger partial charge in [-0.15, -0.1) is 0 Å². The molecule has 4 rings (SSSR count). The van der Waals surface area contributed by atoms with Crippen LogP contribution in [0, 0.1) is 11.7 Å². The number of rotatable bonds is 4. The van der Waals surface area contributed by atoms with E-state index >= 15 is 0 Å². The van der Waals surface area contributed by atoms with Crippen LogP contribution in [0.1, 0.15) is 38.0 Å². The predicted molar refractivity (Wildman–Crippen MR) is 82.7 cm³/mol. The van der Waals surface area contributed by atoms with Crippen LogP contribution in [0.5, 0.6) is 5.75 Å². The van der Waals surface area contributed by atoms with E-state index in [-0.39, 0.29) is 11.9 Å². The molecule has 2 aromatic rings. The Bertz CT molecular complexity index is 697. The number of hydrogen-bond donors (Lipinski definition) is 1. The Morgan fingerprint density at radius 1 is 1.30 bits per heavy atom. The second-order valence-corrected chi connectivity index (χ2v) is 6.49. The normalized spacial score (nSPS) is 24.6. The molecule has 0 spiro atoms. The molecular weight excluding hydrogens is 297 g/mol. The zero-order valence-electron chi connectivity index (χ0n) is 13.1. The molecule has 1 saturated carbocycles. The van der Waals surface area contributed by atoms with Crippen LogP contribution in [-0.2, 0) is 0 Å². The summed E-state index contributed by atoms with van der Waals surface area (Å²) < 4.78 is 25.4. The monoisotopic (exact) mass is 317 g/mol. The third-order valence-electron chi connectivity index (χ3n) is 4.64. The van der Waals surface area contributed by atoms with Gasteiger partial charge in [0.1, 0.15) is 6.10 Å². The first kappa shape index (κ1) is 14.6. The van der Waals surface area contributed by atoms with Crippen molar-refractivity contribution in [3.63, 3.8) is 0 Å². The van der Waals surface area contributed by atoms with E-state index in [9.17, 15) is 4.39 Å². The van der Waals surface area contributed by atoms with Crippen LogP contribution in [-0.4, -0.2) is 29.3 Å². The highest BCUT2D eigenvalue weighted by Crippen LogP contribution is 2.46. The maximum Gasteiger partial charge on any atom is 0.230 e. The highest BCUT2D eigenvalue weighted by molar-refractivity contribution is 5.56. The van der Waals surface area contributed by atoms with Gasteiger partial charge in [-0.25, -0.2) is 4.39 Å². The molecule has 2 aliphatic rings. The van der Waals surface area contributed by atoms with E-state index in [0.29, 0.717) is 34.9 Å². The molecule has 6 heteroatoms. The standard InChI is InChI=1S/C17H20FN3O2/c1-10-8-13(10)17-20-16(21-23-17)11-2-3-15(14(18)9-11)22-12-4-6-19-7-5-12/h2-3,9-10,12-13,19H,4-8H2,1H3. The molecule has 1 aromatic carbocycles. The summed E-state index contributed by atoms with van der Waals surface area (Å²) >= 11 is 0. The summed E-state index contributed by atoms with van der Waals surface area (Å²) in [4.78, 5) is 4.39. The lowest BCUT2D eigenvalue weighted by Gasteiger charge is -2.24. The molecule has 0 amide bonds. The van der Waals surface area contributed by atoms with E-state index in [1.807, 2.05) is 0 Å². The van der Waals surface area contributed by atoms with Gasteiger partial charge in [0.15, 0.2) is 11.6 Å². The van der Waals surface area contributed by atoms with Crippen LogP contribution in [0.2, 0.25) is 0 Å². The van der Waals surface area contributed by atoms with Gasteiger partial charge in [-0.3, -0.25) is 0 Å². The van der Waals surface area contributed by atoms with Crippen molar-refractivity contribution < 1.29 is 13.7 Å². The molecule has 0 radical (unpaired) electrons. The van der Waals surface area contributed by atoms with Crippen molar-refractivity contribution in [2.75, 3.05) is 13.1 Å². The van der Waals surface area contributed by atoms with Gasteiger partial charge in [0.2, 0.25) is 11.7 Å². The second-order valence-electron chi connectivity index (χ2n) is 6.49. The molecule has 1 aliphatic carbocycles. The van der Waals surface area contributed by atoms with Crippen molar-refractivity contribution in [3.05, 3.63) is 29.9 Å². The Morgan fingerprint density at radius 2 is 2.09 bits per heavy atom. The minimum Gasteiger partial charge on any atom is -0.487 e. The molecular formula is C17H20FN3O2. The summed E-state index contributed by atoms with van der Waals surface area (Å²) in [5.74, 6) is 1.96. The number of ether oxygens (including phenoxy) is 1. The molecule has 1 saturated heterocycles. The van der Waals surface area contributed by atoms with Crippen LogP contribution < -0.4 is 10.1 Å². The smallest absolute Gasteiger partial charge is 0.230 e. The van der Waals surface area contributed by atoms with E-state index in [1.54, 1.807) is 12.1 Å². The summed E-state index contributed by atoms with van der Waals surface area (Å²) in [5.41, 5.74) is 0.614. The van der Waals surface area contributed by atoms with E-state index in [2.05, 4.69) is 22.4 Å². The Labute approximate surface area is 134 Å². The van der Waals surface area contributed by atoms with E-state index < -0.39 is 0 Å². The maximum atomic E-state index is 14.3. The molecule has 2 atom stereocenters. The molecule has 2 unspecified atom stereocenters. The first-order chi connectivity index (χ1) is 11.2. The van der Waals surface area contributed by atoms with Crippen molar-refractivity contribution in [1.29, 1.82) is 0 Å². The van der Waals surface area contributed by atoms with E-state index in [1.165, 1.54) is 6.07 Å². The average molecular weight is 317 g/mol. The lowest BCUT2D eigenvalue weighted by molar-refractivity contribution is 0.156. The molecule has 0 bridgehead atoms. The Kier molecular flexibility index (Phi) is 3.77. The van der Waals surface area contributed by atoms with E-state index in [0.717, 1.165) is 32.4 Å². The number of hydrogen-bond acceptors (Lipinski definition) is 5. The van der Waals surface area contributed by atoms with Crippen molar-refractivity contribution >= 4 is 0 Å². The maximum absolute atomic E-state index is 14.3. The van der Waals surface area contributed by atoms with Crippen molar-refractivity contribution in [2.45, 2.75) is 38.2 Å². The fourth-order valence-electron chi connectivity index (χ4n) is 3.00. The summed E-state index contributed by atoms with van der Waals surface area (Å²) in [6, 6.07) is 4.86. The van der Waals surface area contributed by atoms with Gasteiger partial charge in [-0.2, -0.15) is 4.98 Å². The van der Waals surface area contributed by atoms with Crippen molar-refractivity contribution in [3.8, 4) is 17.1 Å². The second kappa shape index (κ2) is 5.92. The number of piperidine rings is 1. The molecule has 1 aliphatic heterocycles. The summed E-state index contributed by atoms with van der Waals surface area (Å²) in [7, 11) is 0. The quantitative estimate of drug-likeness (QED) is 0.939. The molecule has 1 N–H and O–H groups in total. The minimum atomic E-state index is -0.382. The first-order valence-electron chi connectivity index (χ1n) is 8.21. The Morgan fingerprint density at radius 3 is 2.78 bits per heavy atom. The van der Waals surface area contributed by atoms with Gasteiger partial charge in [0.25, 0.3) is 0 Å². The average Bonchev–Trinajstić information content (AvgIpc) is 3.10. The minimum absolute atomic E-state index is 0.0738. The predicted octanol–water partition coefficient (Wildman–Crippen LogP) is 3.13. The Hall–Kier alpha value is -1.95. The Balaban J connectivity index is 1.49. The number of nitrogens with one attached hydrogen (secondary N) is 1. The first-order valence-corrected chi connectivity index (χ1v) is 8.21. The molecule has 122 valence electrons. The molecule has 2 fully saturated rings. The summed E-state index contributed by atoms with van der Waals surface area (Å²) in [6.45, 7) is 3.98. The fraction of sp³-hybridized carbons (Fsp3) is 0.529. The van der Waals surface area contributed by atoms with Crippen LogP contribution in [0.4, 0.5) is 4.39 Å². The van der Waals surface area contributed by atoms with Crippen LogP contribution in [0.3, 0.4) is 0 Å². The van der Waals surface area contributed by atoms with Crippen LogP contribution >= 0.6 is 0 Å². The van der Waals surface area contributed by atoms with Gasteiger partial charge in [-0.1, -0.05) is 12.1 Å². The third-order valence-corrected chi connectivity index (χ3v) is 4.64. The zero-order chi connectivity index (χ0) is 15.8. The van der Waals surface area contributed by atoms with Gasteiger partial charge in [-0.05, 0) is 56.5 Å². The van der Waals surface area contributed by atoms with Gasteiger partial charge >= 0.3 is 0 Å². The number of halogens is 1. The zero-order valence-corrected chi connectivity index (χ0v) is 13.1. The van der Waals surface area contributed by atoms with Crippen molar-refractivity contribution in [1.82, 2.24) is 15.5 Å². The largest absolute Gasteiger partial charge is 0.487 e. The van der Waals surface area contributed by atoms with Gasteiger partial charge in [0.05, 0.1) is 0 Å². The molecule has 1 aromatic heterocycles. The number of aromatic nitrogens is 2. The molecule has 5 nitrogen and oxygen atoms in total. The summed E-state index contributed by atoms with van der Waals surface area (Å²) in [5, 5.41) is 7.23. The molecule has 2 heterocycles. The van der Waals surface area contributed by atoms with Crippen molar-refractivity contribution in [2.24, 2.45) is 5.92 Å². The van der Waals surface area contributed by atoms with Crippen LogP contribution in [0.25, 0.3) is 11.4 Å². The lowest BCUT2D eigenvalue weighted by atomic mass is 10.1. The number of nitrogens with zero attached hydrogens (tertiary/aromatic N) is 2. The van der Waals surface area contributed by atoms with E-state index in [4.69, 9.17) is 9.26 Å². The third kappa shape index (κ3) is 3.08. The summed E-state index contributed by atoms with van der Waals surface area (Å²) in [6.07, 6.45) is 2.95. The topological polar surface area (TPSA) is 60.2 Å². The van der Waals surface area contributed by atoms with Gasteiger partial charge < -0.3 is 14.6 Å². The lowest BCUT2D eigenvalue weighted by Crippen LogP contribution is -2.34. The van der Waals surface area contributed by atoms with Crippen LogP contribution in [0.15, 0.2) is 22.7 Å². The fourth-order valence-corrected chi connectivity index (χ4v) is 3.00.